The normalized spacial score (nSPS) is 11.5. The Morgan fingerprint density at radius 3 is 2.40 bits per heavy atom. The van der Waals surface area contributed by atoms with Crippen molar-refractivity contribution in [3.63, 3.8) is 0 Å². The Labute approximate surface area is 199 Å². The number of nitrogen functional groups attached to an aromatic ring is 2. The molecule has 0 aliphatic heterocycles. The van der Waals surface area contributed by atoms with E-state index in [0.29, 0.717) is 10.4 Å². The molecule has 2 aromatic carbocycles. The number of alkyl halides is 3. The smallest absolute Gasteiger partial charge is 0.399 e. The van der Waals surface area contributed by atoms with E-state index in [1.54, 1.807) is 24.3 Å². The number of hydrogen-bond acceptors (Lipinski definition) is 5. The molecule has 0 radical (unpaired) electrons. The molecule has 3 rings (SSSR count). The summed E-state index contributed by atoms with van der Waals surface area (Å²) in [6, 6.07) is 11.1. The van der Waals surface area contributed by atoms with Crippen LogP contribution in [0.2, 0.25) is 0 Å². The molecule has 0 unspecified atom stereocenters. The average Bonchev–Trinajstić information content (AvgIpc) is 3.06. The Kier molecular flexibility index (Phi) is 7.22. The minimum absolute atomic E-state index is 0.0748. The number of anilines is 2. The van der Waals surface area contributed by atoms with Crippen LogP contribution in [0.15, 0.2) is 48.5 Å². The van der Waals surface area contributed by atoms with Gasteiger partial charge in [-0.05, 0) is 37.6 Å². The van der Waals surface area contributed by atoms with Crippen LogP contribution < -0.4 is 26.8 Å². The number of amidine groups is 1. The van der Waals surface area contributed by atoms with E-state index in [0.717, 1.165) is 22.4 Å². The van der Waals surface area contributed by atoms with Gasteiger partial charge in [-0.1, -0.05) is 28.9 Å². The van der Waals surface area contributed by atoms with Gasteiger partial charge in [0, 0.05) is 28.7 Å². The highest BCUT2D eigenvalue weighted by molar-refractivity contribution is 5.94. The van der Waals surface area contributed by atoms with Crippen molar-refractivity contribution in [2.45, 2.75) is 39.2 Å². The molecule has 0 saturated carbocycles. The van der Waals surface area contributed by atoms with E-state index >= 15 is 0 Å². The van der Waals surface area contributed by atoms with Crippen molar-refractivity contribution in [3.8, 4) is 11.3 Å². The molecule has 1 amide bonds. The third-order valence-electron chi connectivity index (χ3n) is 5.06. The standard InChI is InChI=1S/C23H26F3N7O2/c1-13(2)31-20-10-19(16-7-17(23(24,25)26)9-18(27)8-16)32(33(20)35)12-21(34)30-11-14-3-5-15(6-4-14)22(28)29/h3-10,13,35H,11-12,27H2,1-2H3,(H4,28,29,30,34)/p+1. The van der Waals surface area contributed by atoms with Crippen LogP contribution in [0.25, 0.3) is 11.3 Å². The summed E-state index contributed by atoms with van der Waals surface area (Å²) >= 11 is 0. The summed E-state index contributed by atoms with van der Waals surface area (Å²) in [6.45, 7) is 3.42. The van der Waals surface area contributed by atoms with Crippen LogP contribution in [0.3, 0.4) is 0 Å². The molecule has 0 atom stereocenters. The van der Waals surface area contributed by atoms with Gasteiger partial charge < -0.3 is 27.3 Å². The van der Waals surface area contributed by atoms with E-state index in [1.807, 2.05) is 13.8 Å². The number of amides is 1. The molecular formula is C23H27F3N7O2+. The fraction of sp³-hybridized carbons (Fsp3) is 0.261. The number of rotatable bonds is 8. The van der Waals surface area contributed by atoms with Crippen LogP contribution in [-0.4, -0.2) is 27.8 Å². The van der Waals surface area contributed by atoms with Gasteiger partial charge >= 0.3 is 6.18 Å². The second kappa shape index (κ2) is 9.95. The van der Waals surface area contributed by atoms with Crippen LogP contribution >= 0.6 is 0 Å². The second-order valence-corrected chi connectivity index (χ2v) is 8.29. The van der Waals surface area contributed by atoms with Crippen molar-refractivity contribution in [2.24, 2.45) is 5.73 Å². The minimum Gasteiger partial charge on any atom is -0.399 e. The van der Waals surface area contributed by atoms with Gasteiger partial charge in [0.25, 0.3) is 12.5 Å². The Balaban J connectivity index is 1.89. The van der Waals surface area contributed by atoms with Crippen molar-refractivity contribution >= 4 is 23.2 Å². The number of nitrogens with two attached hydrogens (primary N) is 2. The zero-order valence-electron chi connectivity index (χ0n) is 19.1. The Morgan fingerprint density at radius 2 is 1.83 bits per heavy atom. The number of carbonyl (C=O) groups excluding carboxylic acids is 1. The van der Waals surface area contributed by atoms with E-state index in [-0.39, 0.29) is 47.7 Å². The van der Waals surface area contributed by atoms with Gasteiger partial charge in [0.2, 0.25) is 11.5 Å². The fourth-order valence-electron chi connectivity index (χ4n) is 3.43. The van der Waals surface area contributed by atoms with Gasteiger partial charge in [0.1, 0.15) is 5.84 Å². The summed E-state index contributed by atoms with van der Waals surface area (Å²) in [5, 5.41) is 23.8. The highest BCUT2D eigenvalue weighted by Gasteiger charge is 2.33. The zero-order chi connectivity index (χ0) is 25.9. The molecule has 8 N–H and O–H groups in total. The van der Waals surface area contributed by atoms with Crippen molar-refractivity contribution < 1.29 is 27.9 Å². The molecule has 0 fully saturated rings. The first-order valence-corrected chi connectivity index (χ1v) is 10.6. The largest absolute Gasteiger partial charge is 0.416 e. The third kappa shape index (κ3) is 6.22. The van der Waals surface area contributed by atoms with E-state index < -0.39 is 17.6 Å². The topological polar surface area (TPSA) is 146 Å². The number of aromatic nitrogens is 2. The molecule has 35 heavy (non-hydrogen) atoms. The zero-order valence-corrected chi connectivity index (χ0v) is 19.1. The maximum Gasteiger partial charge on any atom is 0.416 e. The number of nitrogens with one attached hydrogen (secondary N) is 3. The Morgan fingerprint density at radius 1 is 1.17 bits per heavy atom. The minimum atomic E-state index is -4.62. The molecule has 186 valence electrons. The van der Waals surface area contributed by atoms with E-state index in [2.05, 4.69) is 10.6 Å². The molecule has 3 aromatic rings. The molecule has 9 nitrogen and oxygen atoms in total. The lowest BCUT2D eigenvalue weighted by atomic mass is 10.1. The van der Waals surface area contributed by atoms with Gasteiger partial charge in [-0.25, -0.2) is 0 Å². The van der Waals surface area contributed by atoms with Crippen molar-refractivity contribution in [1.29, 1.82) is 5.41 Å². The summed E-state index contributed by atoms with van der Waals surface area (Å²) in [4.78, 5) is 13.4. The van der Waals surface area contributed by atoms with Crippen LogP contribution in [0.4, 0.5) is 24.7 Å². The molecule has 1 aromatic heterocycles. The van der Waals surface area contributed by atoms with Crippen LogP contribution in [0, 0.1) is 5.41 Å². The summed E-state index contributed by atoms with van der Waals surface area (Å²) < 4.78 is 41.2. The molecule has 0 saturated heterocycles. The third-order valence-corrected chi connectivity index (χ3v) is 5.06. The first-order chi connectivity index (χ1) is 16.3. The van der Waals surface area contributed by atoms with Gasteiger partial charge in [-0.3, -0.25) is 10.2 Å². The van der Waals surface area contributed by atoms with E-state index in [4.69, 9.17) is 16.9 Å². The van der Waals surface area contributed by atoms with E-state index in [9.17, 15) is 23.2 Å². The first kappa shape index (κ1) is 25.4. The van der Waals surface area contributed by atoms with Crippen molar-refractivity contribution in [1.82, 2.24) is 10.2 Å². The molecular weight excluding hydrogens is 463 g/mol. The van der Waals surface area contributed by atoms with Gasteiger partial charge in [-0.15, -0.1) is 0 Å². The maximum absolute atomic E-state index is 13.3. The van der Waals surface area contributed by atoms with Gasteiger partial charge in [0.15, 0.2) is 0 Å². The molecule has 0 aliphatic rings. The number of nitrogens with zero attached hydrogens (tertiary/aromatic N) is 2. The monoisotopic (exact) mass is 490 g/mol. The Bertz CT molecular complexity index is 1240. The molecule has 12 heteroatoms. The number of carbonyl (C=O) groups is 1. The highest BCUT2D eigenvalue weighted by Crippen LogP contribution is 2.34. The summed E-state index contributed by atoms with van der Waals surface area (Å²) in [5.41, 5.74) is 11.6. The second-order valence-electron chi connectivity index (χ2n) is 8.29. The molecule has 0 aliphatic carbocycles. The average molecular weight is 491 g/mol. The maximum atomic E-state index is 13.3. The summed E-state index contributed by atoms with van der Waals surface area (Å²) in [6.07, 6.45) is -4.62. The highest BCUT2D eigenvalue weighted by atomic mass is 19.4. The predicted molar refractivity (Wildman–Crippen MR) is 125 cm³/mol. The fourth-order valence-corrected chi connectivity index (χ4v) is 3.43. The number of benzene rings is 2. The van der Waals surface area contributed by atoms with E-state index in [1.165, 1.54) is 12.1 Å². The lowest BCUT2D eigenvalue weighted by Crippen LogP contribution is -2.50. The SMILES string of the molecule is CC(C)Nc1cc(-c2cc(N)cc(C(F)(F)F)c2)[n+](CC(=O)NCc2ccc(C(=N)N)cc2)n1O. The number of hydrogen-bond donors (Lipinski definition) is 6. The van der Waals surface area contributed by atoms with Crippen molar-refractivity contribution in [3.05, 3.63) is 65.2 Å². The Hall–Kier alpha value is -4.22. The molecule has 0 bridgehead atoms. The molecule has 0 spiro atoms. The van der Waals surface area contributed by atoms with Crippen LogP contribution in [-0.2, 0) is 24.1 Å². The van der Waals surface area contributed by atoms with Crippen molar-refractivity contribution in [2.75, 3.05) is 11.1 Å². The molecule has 1 heterocycles. The first-order valence-electron chi connectivity index (χ1n) is 10.6. The lowest BCUT2D eigenvalue weighted by molar-refractivity contribution is -0.780. The van der Waals surface area contributed by atoms with Crippen LogP contribution in [0.1, 0.15) is 30.5 Å². The van der Waals surface area contributed by atoms with Gasteiger partial charge in [-0.2, -0.15) is 13.2 Å². The van der Waals surface area contributed by atoms with Gasteiger partial charge in [0.05, 0.1) is 17.2 Å². The lowest BCUT2D eigenvalue weighted by Gasteiger charge is -2.09. The summed E-state index contributed by atoms with van der Waals surface area (Å²) in [5.74, 6) is -0.371. The number of halogens is 3. The van der Waals surface area contributed by atoms with Crippen LogP contribution in [0.5, 0.6) is 0 Å². The quantitative estimate of drug-likeness (QED) is 0.0945. The summed E-state index contributed by atoms with van der Waals surface area (Å²) in [7, 11) is 0. The predicted octanol–water partition coefficient (Wildman–Crippen LogP) is 2.70.